The molecule has 21 heavy (non-hydrogen) atoms. The molecule has 0 aliphatic rings. The van der Waals surface area contributed by atoms with E-state index in [-0.39, 0.29) is 18.3 Å². The Morgan fingerprint density at radius 2 is 1.81 bits per heavy atom. The second-order valence-corrected chi connectivity index (χ2v) is 5.60. The first-order valence-corrected chi connectivity index (χ1v) is 7.10. The molecule has 0 saturated carbocycles. The number of methoxy groups -OCH3 is 1. The van der Waals surface area contributed by atoms with Gasteiger partial charge in [0.15, 0.2) is 0 Å². The molecule has 3 N–H and O–H groups in total. The quantitative estimate of drug-likeness (QED) is 0.558. The Bertz CT molecular complexity index is 357. The minimum Gasteiger partial charge on any atom is -0.481 e. The van der Waals surface area contributed by atoms with Crippen molar-refractivity contribution in [2.75, 3.05) is 13.7 Å². The van der Waals surface area contributed by atoms with Crippen molar-refractivity contribution in [3.8, 4) is 0 Å². The summed E-state index contributed by atoms with van der Waals surface area (Å²) in [4.78, 5) is 33.8. The zero-order chi connectivity index (χ0) is 16.4. The zero-order valence-electron chi connectivity index (χ0n) is 13.1. The highest BCUT2D eigenvalue weighted by Crippen LogP contribution is 2.07. The number of carbonyl (C=O) groups is 3. The maximum atomic E-state index is 11.8. The molecule has 0 fully saturated rings. The van der Waals surface area contributed by atoms with Crippen LogP contribution in [0.2, 0.25) is 0 Å². The average molecular weight is 302 g/mol. The van der Waals surface area contributed by atoms with E-state index >= 15 is 0 Å². The Morgan fingerprint density at radius 3 is 2.29 bits per heavy atom. The van der Waals surface area contributed by atoms with Gasteiger partial charge in [0.2, 0.25) is 0 Å². The molecule has 0 aromatic heterocycles. The summed E-state index contributed by atoms with van der Waals surface area (Å²) in [5.74, 6) is -1.04. The van der Waals surface area contributed by atoms with Crippen molar-refractivity contribution in [1.29, 1.82) is 0 Å². The van der Waals surface area contributed by atoms with Crippen LogP contribution in [0.25, 0.3) is 0 Å². The number of hydrogen-bond acceptors (Lipinski definition) is 4. The van der Waals surface area contributed by atoms with Crippen LogP contribution >= 0.6 is 0 Å². The molecule has 0 aliphatic heterocycles. The van der Waals surface area contributed by atoms with Gasteiger partial charge in [0.25, 0.3) is 0 Å². The molecule has 2 unspecified atom stereocenters. The molecule has 0 radical (unpaired) electrons. The van der Waals surface area contributed by atoms with Gasteiger partial charge in [-0.2, -0.15) is 0 Å². The summed E-state index contributed by atoms with van der Waals surface area (Å²) >= 11 is 0. The molecular formula is C14H26N2O5. The van der Waals surface area contributed by atoms with Gasteiger partial charge in [0, 0.05) is 13.0 Å². The number of carboxylic acids is 1. The maximum Gasteiger partial charge on any atom is 0.328 e. The smallest absolute Gasteiger partial charge is 0.328 e. The SMILES string of the molecule is COC(=O)C(CC(C)C)NC(=O)NCC(C)CCC(=O)O. The monoisotopic (exact) mass is 302 g/mol. The van der Waals surface area contributed by atoms with Gasteiger partial charge in [-0.15, -0.1) is 0 Å². The molecule has 0 saturated heterocycles. The number of hydrogen-bond donors (Lipinski definition) is 3. The summed E-state index contributed by atoms with van der Waals surface area (Å²) in [6.07, 6.45) is 1.05. The number of urea groups is 1. The number of rotatable bonds is 9. The molecule has 0 bridgehead atoms. The van der Waals surface area contributed by atoms with Gasteiger partial charge in [0.1, 0.15) is 6.04 Å². The minimum atomic E-state index is -0.853. The molecule has 122 valence electrons. The van der Waals surface area contributed by atoms with Crippen molar-refractivity contribution in [2.24, 2.45) is 11.8 Å². The van der Waals surface area contributed by atoms with Crippen LogP contribution in [-0.4, -0.2) is 42.8 Å². The van der Waals surface area contributed by atoms with E-state index in [1.165, 1.54) is 7.11 Å². The van der Waals surface area contributed by atoms with E-state index in [2.05, 4.69) is 15.4 Å². The minimum absolute atomic E-state index is 0.0496. The highest BCUT2D eigenvalue weighted by atomic mass is 16.5. The third-order valence-corrected chi connectivity index (χ3v) is 2.96. The average Bonchev–Trinajstić information content (AvgIpc) is 2.40. The lowest BCUT2D eigenvalue weighted by Crippen LogP contribution is -2.47. The summed E-state index contributed by atoms with van der Waals surface area (Å²) in [5, 5.41) is 13.8. The Labute approximate surface area is 125 Å². The van der Waals surface area contributed by atoms with Gasteiger partial charge in [-0.1, -0.05) is 20.8 Å². The van der Waals surface area contributed by atoms with Crippen molar-refractivity contribution in [3.63, 3.8) is 0 Å². The molecule has 0 spiro atoms. The Kier molecular flexibility index (Phi) is 9.16. The van der Waals surface area contributed by atoms with Gasteiger partial charge < -0.3 is 20.5 Å². The fourth-order valence-corrected chi connectivity index (χ4v) is 1.78. The van der Waals surface area contributed by atoms with E-state index in [0.717, 1.165) is 0 Å². The fourth-order valence-electron chi connectivity index (χ4n) is 1.78. The first-order valence-electron chi connectivity index (χ1n) is 7.10. The molecule has 0 heterocycles. The van der Waals surface area contributed by atoms with Crippen LogP contribution in [0, 0.1) is 11.8 Å². The highest BCUT2D eigenvalue weighted by Gasteiger charge is 2.22. The molecule has 7 nitrogen and oxygen atoms in total. The second kappa shape index (κ2) is 10.0. The first kappa shape index (κ1) is 19.2. The molecule has 2 amide bonds. The largest absolute Gasteiger partial charge is 0.481 e. The topological polar surface area (TPSA) is 105 Å². The maximum absolute atomic E-state index is 11.8. The number of ether oxygens (including phenoxy) is 1. The van der Waals surface area contributed by atoms with Crippen LogP contribution in [-0.2, 0) is 14.3 Å². The fraction of sp³-hybridized carbons (Fsp3) is 0.786. The number of carbonyl (C=O) groups excluding carboxylic acids is 2. The van der Waals surface area contributed by atoms with E-state index in [4.69, 9.17) is 5.11 Å². The van der Waals surface area contributed by atoms with Crippen molar-refractivity contribution < 1.29 is 24.2 Å². The van der Waals surface area contributed by atoms with Crippen LogP contribution in [0.1, 0.15) is 40.0 Å². The molecule has 0 aromatic rings. The first-order chi connectivity index (χ1) is 9.76. The molecule has 0 aromatic carbocycles. The molecular weight excluding hydrogens is 276 g/mol. The zero-order valence-corrected chi connectivity index (χ0v) is 13.1. The lowest BCUT2D eigenvalue weighted by Gasteiger charge is -2.19. The molecule has 2 atom stereocenters. The van der Waals surface area contributed by atoms with Crippen molar-refractivity contribution >= 4 is 18.0 Å². The number of nitrogens with one attached hydrogen (secondary N) is 2. The second-order valence-electron chi connectivity index (χ2n) is 5.60. The van der Waals surface area contributed by atoms with Gasteiger partial charge >= 0.3 is 18.0 Å². The standard InChI is InChI=1S/C14H26N2O5/c1-9(2)7-11(13(19)21-4)16-14(20)15-8-10(3)5-6-12(17)18/h9-11H,5-8H2,1-4H3,(H,17,18)(H2,15,16,20). The van der Waals surface area contributed by atoms with Crippen molar-refractivity contribution in [3.05, 3.63) is 0 Å². The summed E-state index contributed by atoms with van der Waals surface area (Å²) in [6, 6.07) is -1.13. The van der Waals surface area contributed by atoms with Gasteiger partial charge in [-0.05, 0) is 24.7 Å². The molecule has 0 aliphatic carbocycles. The number of carboxylic acid groups (broad SMARTS) is 1. The van der Waals surface area contributed by atoms with E-state index in [0.29, 0.717) is 19.4 Å². The summed E-state index contributed by atoms with van der Waals surface area (Å²) in [7, 11) is 1.28. The van der Waals surface area contributed by atoms with E-state index in [1.54, 1.807) is 0 Å². The number of amides is 2. The Hall–Kier alpha value is -1.79. The van der Waals surface area contributed by atoms with Crippen LogP contribution in [0.15, 0.2) is 0 Å². The van der Waals surface area contributed by atoms with Crippen LogP contribution in [0.4, 0.5) is 4.79 Å². The Morgan fingerprint density at radius 1 is 1.19 bits per heavy atom. The van der Waals surface area contributed by atoms with Crippen LogP contribution < -0.4 is 10.6 Å². The van der Waals surface area contributed by atoms with Crippen molar-refractivity contribution in [1.82, 2.24) is 10.6 Å². The predicted molar refractivity (Wildman–Crippen MR) is 77.8 cm³/mol. The lowest BCUT2D eigenvalue weighted by atomic mass is 10.0. The summed E-state index contributed by atoms with van der Waals surface area (Å²) in [6.45, 7) is 6.11. The van der Waals surface area contributed by atoms with Gasteiger partial charge in [-0.3, -0.25) is 4.79 Å². The van der Waals surface area contributed by atoms with Crippen molar-refractivity contribution in [2.45, 2.75) is 46.1 Å². The predicted octanol–water partition coefficient (Wildman–Crippen LogP) is 1.37. The number of esters is 1. The summed E-state index contributed by atoms with van der Waals surface area (Å²) < 4.78 is 4.66. The third kappa shape index (κ3) is 9.70. The van der Waals surface area contributed by atoms with E-state index in [9.17, 15) is 14.4 Å². The molecule has 7 heteroatoms. The third-order valence-electron chi connectivity index (χ3n) is 2.96. The molecule has 0 rings (SSSR count). The van der Waals surface area contributed by atoms with Gasteiger partial charge in [-0.25, -0.2) is 9.59 Å². The number of aliphatic carboxylic acids is 1. The normalized spacial score (nSPS) is 13.4. The van der Waals surface area contributed by atoms with Gasteiger partial charge in [0.05, 0.1) is 7.11 Å². The lowest BCUT2D eigenvalue weighted by molar-refractivity contribution is -0.143. The van der Waals surface area contributed by atoms with E-state index < -0.39 is 24.0 Å². The van der Waals surface area contributed by atoms with E-state index in [1.807, 2.05) is 20.8 Å². The van der Waals surface area contributed by atoms with Crippen LogP contribution in [0.5, 0.6) is 0 Å². The highest BCUT2D eigenvalue weighted by molar-refractivity contribution is 5.83. The van der Waals surface area contributed by atoms with Crippen LogP contribution in [0.3, 0.4) is 0 Å². The summed E-state index contributed by atoms with van der Waals surface area (Å²) in [5.41, 5.74) is 0. The Balaban J connectivity index is 4.19.